The van der Waals surface area contributed by atoms with Gasteiger partial charge >= 0.3 is 5.97 Å². The Balaban J connectivity index is 1.68. The molecule has 0 spiro atoms. The van der Waals surface area contributed by atoms with Crippen molar-refractivity contribution >= 4 is 5.97 Å². The van der Waals surface area contributed by atoms with Gasteiger partial charge in [0.25, 0.3) is 0 Å². The van der Waals surface area contributed by atoms with E-state index in [-0.39, 0.29) is 39.6 Å². The minimum Gasteiger partial charge on any atom is -0.478 e. The number of carboxylic acid groups (broad SMARTS) is 1. The van der Waals surface area contributed by atoms with Gasteiger partial charge in [0.2, 0.25) is 0 Å². The van der Waals surface area contributed by atoms with Crippen molar-refractivity contribution in [2.24, 2.45) is 39.4 Å². The number of aliphatic hydroxyl groups excluding tert-OH is 1. The maximum Gasteiger partial charge on any atom is 0.331 e. The van der Waals surface area contributed by atoms with E-state index in [1.54, 1.807) is 13.0 Å². The molecule has 0 heterocycles. The molecule has 4 rings (SSSR count). The fourth-order valence-corrected chi connectivity index (χ4v) is 9.09. The van der Waals surface area contributed by atoms with Crippen LogP contribution in [0.5, 0.6) is 0 Å². The third kappa shape index (κ3) is 3.34. The molecule has 4 nitrogen and oxygen atoms in total. The van der Waals surface area contributed by atoms with Crippen LogP contribution < -0.4 is 0 Å². The van der Waals surface area contributed by atoms with Crippen molar-refractivity contribution in [3.63, 3.8) is 0 Å². The maximum atomic E-state index is 12.5. The van der Waals surface area contributed by atoms with E-state index < -0.39 is 11.6 Å². The van der Waals surface area contributed by atoms with Crippen molar-refractivity contribution in [3.8, 4) is 0 Å². The number of rotatable bonds is 4. The number of carbonyl (C=O) groups is 1. The van der Waals surface area contributed by atoms with Gasteiger partial charge in [-0.1, -0.05) is 71.4 Å². The van der Waals surface area contributed by atoms with Crippen LogP contribution in [0.1, 0.15) is 93.4 Å². The molecule has 0 aromatic rings. The number of aliphatic carboxylic acids is 1. The fraction of sp³-hybridized carbons (Fsp3) is 0.767. The predicted octanol–water partition coefficient (Wildman–Crippen LogP) is 6.29. The molecule has 3 saturated carbocycles. The predicted molar refractivity (Wildman–Crippen MR) is 136 cm³/mol. The Labute approximate surface area is 206 Å². The van der Waals surface area contributed by atoms with E-state index in [1.165, 1.54) is 5.57 Å². The molecule has 4 aliphatic rings. The van der Waals surface area contributed by atoms with Crippen LogP contribution in [0.4, 0.5) is 0 Å². The second kappa shape index (κ2) is 8.06. The summed E-state index contributed by atoms with van der Waals surface area (Å²) in [6.07, 6.45) is 14.4. The summed E-state index contributed by atoms with van der Waals surface area (Å²) in [7, 11) is 0. The van der Waals surface area contributed by atoms with E-state index in [2.05, 4.69) is 53.7 Å². The highest BCUT2D eigenvalue weighted by Gasteiger charge is 2.69. The quantitative estimate of drug-likeness (QED) is 0.256. The highest BCUT2D eigenvalue weighted by atomic mass is 16.4. The summed E-state index contributed by atoms with van der Waals surface area (Å²) in [5.41, 5.74) is 0.733. The lowest BCUT2D eigenvalue weighted by Gasteiger charge is -2.67. The van der Waals surface area contributed by atoms with E-state index in [1.807, 2.05) is 6.08 Å². The second-order valence-electron chi connectivity index (χ2n) is 13.4. The highest BCUT2D eigenvalue weighted by molar-refractivity contribution is 5.86. The Hall–Kier alpha value is -1.39. The zero-order valence-corrected chi connectivity index (χ0v) is 22.3. The molecule has 0 unspecified atom stereocenters. The SMILES string of the molecule is CC(=CC=C[C@@H](C)[C@]1(C)CC[C@]2(C)C1=CC[C@@]1(O)[C@H]2CC[C@H]2C(C)(C)[C@H](O)CC[C@@]21C)C(=O)O. The molecule has 0 aliphatic heterocycles. The van der Waals surface area contributed by atoms with Crippen molar-refractivity contribution in [3.05, 3.63) is 35.5 Å². The van der Waals surface area contributed by atoms with Gasteiger partial charge in [-0.15, -0.1) is 0 Å². The standard InChI is InChI=1S/C30H46O4/c1-19(25(32)33)9-8-10-20(2)27(5)17-18-28(6)22(27)13-16-30(34)23(28)12-11-21-26(3,4)24(31)14-15-29(21,30)7/h8-10,13,20-21,23-24,31,34H,11-12,14-18H2,1-7H3,(H,32,33)/t20-,21+,23+,24-,27+,28-,29+,30-/m1/s1. The Morgan fingerprint density at radius 3 is 2.35 bits per heavy atom. The molecule has 190 valence electrons. The summed E-state index contributed by atoms with van der Waals surface area (Å²) in [5.74, 6) is -0.0454. The summed E-state index contributed by atoms with van der Waals surface area (Å²) >= 11 is 0. The Morgan fingerprint density at radius 2 is 1.71 bits per heavy atom. The number of aliphatic hydroxyl groups is 2. The van der Waals surface area contributed by atoms with Gasteiger partial charge in [-0.05, 0) is 85.9 Å². The van der Waals surface area contributed by atoms with Crippen LogP contribution in [0.2, 0.25) is 0 Å². The van der Waals surface area contributed by atoms with E-state index in [0.29, 0.717) is 17.9 Å². The first-order valence-electron chi connectivity index (χ1n) is 13.3. The average Bonchev–Trinajstić information content (AvgIpc) is 3.03. The first-order chi connectivity index (χ1) is 15.6. The molecule has 0 radical (unpaired) electrons. The molecule has 4 aliphatic carbocycles. The van der Waals surface area contributed by atoms with E-state index in [4.69, 9.17) is 5.11 Å². The van der Waals surface area contributed by atoms with E-state index >= 15 is 0 Å². The first kappa shape index (κ1) is 25.7. The Kier molecular flexibility index (Phi) is 6.09. The normalized spacial score (nSPS) is 46.9. The minimum atomic E-state index is -0.881. The minimum absolute atomic E-state index is 0.0112. The lowest BCUT2D eigenvalue weighted by molar-refractivity contribution is -0.249. The molecular formula is C30H46O4. The van der Waals surface area contributed by atoms with Crippen LogP contribution in [0.25, 0.3) is 0 Å². The lowest BCUT2D eigenvalue weighted by Crippen LogP contribution is -2.68. The van der Waals surface area contributed by atoms with Crippen LogP contribution in [0, 0.1) is 39.4 Å². The summed E-state index contributed by atoms with van der Waals surface area (Å²) in [5, 5.41) is 32.5. The molecule has 0 bridgehead atoms. The average molecular weight is 471 g/mol. The van der Waals surface area contributed by atoms with Gasteiger partial charge in [-0.25, -0.2) is 4.79 Å². The van der Waals surface area contributed by atoms with Gasteiger partial charge in [0, 0.05) is 11.0 Å². The van der Waals surface area contributed by atoms with Gasteiger partial charge in [-0.2, -0.15) is 0 Å². The summed E-state index contributed by atoms with van der Waals surface area (Å²) in [4.78, 5) is 11.1. The van der Waals surface area contributed by atoms with Crippen LogP contribution in [-0.2, 0) is 4.79 Å². The Morgan fingerprint density at radius 1 is 1.06 bits per heavy atom. The van der Waals surface area contributed by atoms with Crippen LogP contribution in [-0.4, -0.2) is 33.0 Å². The molecule has 3 fully saturated rings. The second-order valence-corrected chi connectivity index (χ2v) is 13.4. The van der Waals surface area contributed by atoms with Crippen molar-refractivity contribution < 1.29 is 20.1 Å². The third-order valence-electron chi connectivity index (χ3n) is 11.6. The number of carboxylic acids is 1. The van der Waals surface area contributed by atoms with Crippen molar-refractivity contribution in [2.75, 3.05) is 0 Å². The molecule has 0 aromatic carbocycles. The van der Waals surface area contributed by atoms with Gasteiger partial charge in [-0.3, -0.25) is 0 Å². The van der Waals surface area contributed by atoms with E-state index in [9.17, 15) is 15.0 Å². The fourth-order valence-electron chi connectivity index (χ4n) is 9.09. The lowest BCUT2D eigenvalue weighted by atomic mass is 9.39. The topological polar surface area (TPSA) is 77.8 Å². The molecule has 0 saturated heterocycles. The van der Waals surface area contributed by atoms with Crippen molar-refractivity contribution in [2.45, 2.75) is 105 Å². The molecule has 8 atom stereocenters. The van der Waals surface area contributed by atoms with Gasteiger partial charge < -0.3 is 15.3 Å². The zero-order chi connectivity index (χ0) is 25.3. The molecule has 4 heteroatoms. The van der Waals surface area contributed by atoms with Gasteiger partial charge in [0.1, 0.15) is 0 Å². The summed E-state index contributed by atoms with van der Waals surface area (Å²) in [6.45, 7) is 15.4. The van der Waals surface area contributed by atoms with E-state index in [0.717, 1.165) is 38.5 Å². The largest absolute Gasteiger partial charge is 0.478 e. The van der Waals surface area contributed by atoms with Crippen LogP contribution in [0.15, 0.2) is 35.5 Å². The van der Waals surface area contributed by atoms with Crippen molar-refractivity contribution in [1.29, 1.82) is 0 Å². The molecule has 34 heavy (non-hydrogen) atoms. The van der Waals surface area contributed by atoms with Crippen LogP contribution in [0.3, 0.4) is 0 Å². The first-order valence-corrected chi connectivity index (χ1v) is 13.3. The maximum absolute atomic E-state index is 12.5. The molecule has 3 N–H and O–H groups in total. The van der Waals surface area contributed by atoms with Crippen LogP contribution >= 0.6 is 0 Å². The van der Waals surface area contributed by atoms with Crippen molar-refractivity contribution in [1.82, 2.24) is 0 Å². The van der Waals surface area contributed by atoms with Gasteiger partial charge in [0.15, 0.2) is 0 Å². The zero-order valence-electron chi connectivity index (χ0n) is 22.3. The molecular weight excluding hydrogens is 424 g/mol. The third-order valence-corrected chi connectivity index (χ3v) is 11.6. The van der Waals surface area contributed by atoms with Gasteiger partial charge in [0.05, 0.1) is 11.7 Å². The monoisotopic (exact) mass is 470 g/mol. The smallest absolute Gasteiger partial charge is 0.331 e. The molecule has 0 amide bonds. The number of hydrogen-bond donors (Lipinski definition) is 3. The number of hydrogen-bond acceptors (Lipinski definition) is 3. The Bertz CT molecular complexity index is 943. The summed E-state index contributed by atoms with van der Waals surface area (Å²) in [6, 6.07) is 0. The molecule has 0 aromatic heterocycles. The number of fused-ring (bicyclic) bond motifs is 5. The highest BCUT2D eigenvalue weighted by Crippen LogP contribution is 2.72. The summed E-state index contributed by atoms with van der Waals surface area (Å²) < 4.78 is 0. The number of allylic oxidation sites excluding steroid dienone is 4.